The maximum atomic E-state index is 5.17. The monoisotopic (exact) mass is 178 g/mol. The van der Waals surface area contributed by atoms with Crippen LogP contribution in [0.3, 0.4) is 0 Å². The van der Waals surface area contributed by atoms with Crippen molar-refractivity contribution in [2.45, 2.75) is 39.7 Å². The molecule has 3 heteroatoms. The second-order valence-electron chi connectivity index (χ2n) is 2.23. The summed E-state index contributed by atoms with van der Waals surface area (Å²) in [6.07, 6.45) is 1.15. The molecule has 0 aliphatic carbocycles. The van der Waals surface area contributed by atoms with Crippen LogP contribution in [0, 0.1) is 0 Å². The molecule has 70 valence electrons. The van der Waals surface area contributed by atoms with Crippen LogP contribution >= 0.6 is 0 Å². The second-order valence-corrected chi connectivity index (χ2v) is 5.04. The molecule has 0 fully saturated rings. The van der Waals surface area contributed by atoms with Crippen molar-refractivity contribution in [3.8, 4) is 0 Å². The fraction of sp³-hybridized carbons (Fsp3) is 1.00. The summed E-state index contributed by atoms with van der Waals surface area (Å²) in [5.41, 5.74) is 0.625. The molecule has 0 aliphatic rings. The second kappa shape index (κ2) is 10.1. The Morgan fingerprint density at radius 1 is 1.18 bits per heavy atom. The van der Waals surface area contributed by atoms with Crippen LogP contribution in [0.15, 0.2) is 0 Å². The van der Waals surface area contributed by atoms with Gasteiger partial charge in [0.2, 0.25) is 0 Å². The third-order valence-electron chi connectivity index (χ3n) is 1.57. The van der Waals surface area contributed by atoms with Gasteiger partial charge in [-0.1, -0.05) is 34.1 Å². The summed E-state index contributed by atoms with van der Waals surface area (Å²) in [5, 5.41) is 0. The van der Waals surface area contributed by atoms with E-state index in [0.29, 0.717) is 5.54 Å². The molecule has 11 heavy (non-hydrogen) atoms. The zero-order valence-corrected chi connectivity index (χ0v) is 9.83. The Balaban J connectivity index is 0. The van der Waals surface area contributed by atoms with Crippen LogP contribution in [0.2, 0.25) is 5.54 Å². The molecular weight excluding hydrogens is 156 g/mol. The molecule has 0 spiro atoms. The highest BCUT2D eigenvalue weighted by Gasteiger charge is 2.16. The van der Waals surface area contributed by atoms with Gasteiger partial charge in [-0.05, 0) is 5.54 Å². The molecule has 0 aromatic heterocycles. The van der Waals surface area contributed by atoms with Crippen LogP contribution in [-0.4, -0.2) is 23.5 Å². The van der Waals surface area contributed by atoms with Crippen molar-refractivity contribution < 1.29 is 8.85 Å². The van der Waals surface area contributed by atoms with Crippen molar-refractivity contribution in [2.24, 2.45) is 0 Å². The summed E-state index contributed by atoms with van der Waals surface area (Å²) in [7, 11) is 2.17. The standard InChI is InChI=1S/C6H16O2Si.C2H6/c1-5-6(2)9(7-3)8-4;1-2/h6,9H,5H2,1-4H3;1-2H3. The Bertz CT molecular complexity index is 65.1. The molecule has 0 amide bonds. The minimum Gasteiger partial charge on any atom is -0.400 e. The average molecular weight is 178 g/mol. The lowest BCUT2D eigenvalue weighted by Gasteiger charge is -2.16. The van der Waals surface area contributed by atoms with Crippen LogP contribution < -0.4 is 0 Å². The molecule has 0 heterocycles. The van der Waals surface area contributed by atoms with Crippen molar-refractivity contribution in [1.82, 2.24) is 0 Å². The first-order valence-electron chi connectivity index (χ1n) is 4.31. The average Bonchev–Trinajstić information content (AvgIpc) is 2.10. The predicted molar refractivity (Wildman–Crippen MR) is 52.2 cm³/mol. The first-order valence-corrected chi connectivity index (χ1v) is 5.92. The number of hydrogen-bond acceptors (Lipinski definition) is 2. The summed E-state index contributed by atoms with van der Waals surface area (Å²) < 4.78 is 10.3. The van der Waals surface area contributed by atoms with Gasteiger partial charge in [-0.2, -0.15) is 0 Å². The highest BCUT2D eigenvalue weighted by molar-refractivity contribution is 6.46. The Hall–Kier alpha value is 0.137. The normalized spacial score (nSPS) is 12.3. The van der Waals surface area contributed by atoms with E-state index in [9.17, 15) is 0 Å². The van der Waals surface area contributed by atoms with E-state index in [1.54, 1.807) is 14.2 Å². The molecule has 0 radical (unpaired) electrons. The largest absolute Gasteiger partial charge is 0.400 e. The van der Waals surface area contributed by atoms with Gasteiger partial charge in [-0.3, -0.25) is 0 Å². The van der Waals surface area contributed by atoms with E-state index in [2.05, 4.69) is 13.8 Å². The van der Waals surface area contributed by atoms with E-state index < -0.39 is 9.28 Å². The lowest BCUT2D eigenvalue weighted by atomic mass is 10.4. The summed E-state index contributed by atoms with van der Waals surface area (Å²) in [4.78, 5) is 0. The van der Waals surface area contributed by atoms with Crippen LogP contribution in [0.1, 0.15) is 34.1 Å². The van der Waals surface area contributed by atoms with Crippen molar-refractivity contribution >= 4 is 9.28 Å². The zero-order valence-electron chi connectivity index (χ0n) is 8.68. The van der Waals surface area contributed by atoms with E-state index in [1.807, 2.05) is 13.8 Å². The Labute approximate surface area is 72.8 Å². The molecule has 0 aliphatic heterocycles. The highest BCUT2D eigenvalue weighted by Crippen LogP contribution is 2.13. The van der Waals surface area contributed by atoms with E-state index >= 15 is 0 Å². The summed E-state index contributed by atoms with van der Waals surface area (Å²) in [6.45, 7) is 8.33. The minimum absolute atomic E-state index is 0.625. The highest BCUT2D eigenvalue weighted by atomic mass is 28.3. The van der Waals surface area contributed by atoms with E-state index in [4.69, 9.17) is 8.85 Å². The summed E-state index contributed by atoms with van der Waals surface area (Å²) in [5.74, 6) is 0. The Morgan fingerprint density at radius 3 is 1.64 bits per heavy atom. The van der Waals surface area contributed by atoms with Gasteiger partial charge in [0.1, 0.15) is 0 Å². The maximum Gasteiger partial charge on any atom is 0.323 e. The van der Waals surface area contributed by atoms with Gasteiger partial charge >= 0.3 is 9.28 Å². The van der Waals surface area contributed by atoms with Crippen molar-refractivity contribution in [3.63, 3.8) is 0 Å². The molecule has 0 aromatic carbocycles. The van der Waals surface area contributed by atoms with Crippen LogP contribution in [0.25, 0.3) is 0 Å². The molecule has 0 N–H and O–H groups in total. The van der Waals surface area contributed by atoms with Gasteiger partial charge in [0, 0.05) is 14.2 Å². The molecule has 1 atom stereocenters. The predicted octanol–water partition coefficient (Wildman–Crippen LogP) is 2.33. The molecule has 0 aromatic rings. The molecule has 0 rings (SSSR count). The summed E-state index contributed by atoms with van der Waals surface area (Å²) in [6, 6.07) is 0. The molecule has 0 saturated carbocycles. The SMILES string of the molecule is CC.CCC(C)[SiH](OC)OC. The topological polar surface area (TPSA) is 18.5 Å². The Kier molecular flexibility index (Phi) is 12.6. The van der Waals surface area contributed by atoms with E-state index in [1.165, 1.54) is 0 Å². The Morgan fingerprint density at radius 2 is 1.55 bits per heavy atom. The third kappa shape index (κ3) is 6.53. The van der Waals surface area contributed by atoms with Crippen LogP contribution in [0.5, 0.6) is 0 Å². The first kappa shape index (κ1) is 13.7. The molecule has 0 saturated heterocycles. The maximum absolute atomic E-state index is 5.17. The zero-order chi connectivity index (χ0) is 9.28. The van der Waals surface area contributed by atoms with Gasteiger partial charge in [-0.15, -0.1) is 0 Å². The van der Waals surface area contributed by atoms with E-state index in [0.717, 1.165) is 6.42 Å². The van der Waals surface area contributed by atoms with Gasteiger partial charge in [0.05, 0.1) is 0 Å². The number of rotatable bonds is 4. The van der Waals surface area contributed by atoms with Gasteiger partial charge < -0.3 is 8.85 Å². The van der Waals surface area contributed by atoms with Crippen molar-refractivity contribution in [1.29, 1.82) is 0 Å². The lowest BCUT2D eigenvalue weighted by Crippen LogP contribution is -2.23. The van der Waals surface area contributed by atoms with Gasteiger partial charge in [-0.25, -0.2) is 0 Å². The molecule has 1 unspecified atom stereocenters. The van der Waals surface area contributed by atoms with Crippen molar-refractivity contribution in [3.05, 3.63) is 0 Å². The fourth-order valence-corrected chi connectivity index (χ4v) is 2.26. The van der Waals surface area contributed by atoms with Crippen LogP contribution in [0.4, 0.5) is 0 Å². The first-order chi connectivity index (χ1) is 5.26. The minimum atomic E-state index is -1.29. The van der Waals surface area contributed by atoms with Gasteiger partial charge in [0.25, 0.3) is 0 Å². The fourth-order valence-electron chi connectivity index (χ4n) is 0.753. The van der Waals surface area contributed by atoms with E-state index in [-0.39, 0.29) is 0 Å². The van der Waals surface area contributed by atoms with Crippen molar-refractivity contribution in [2.75, 3.05) is 14.2 Å². The smallest absolute Gasteiger partial charge is 0.323 e. The van der Waals surface area contributed by atoms with Gasteiger partial charge in [0.15, 0.2) is 0 Å². The molecule has 2 nitrogen and oxygen atoms in total. The summed E-state index contributed by atoms with van der Waals surface area (Å²) >= 11 is 0. The quantitative estimate of drug-likeness (QED) is 0.615. The molecule has 0 bridgehead atoms. The molecular formula is C8H22O2Si. The number of hydrogen-bond donors (Lipinski definition) is 0. The lowest BCUT2D eigenvalue weighted by molar-refractivity contribution is 0.266. The third-order valence-corrected chi connectivity index (χ3v) is 3.90. The van der Waals surface area contributed by atoms with Crippen LogP contribution in [-0.2, 0) is 8.85 Å².